The fourth-order valence-electron chi connectivity index (χ4n) is 6.26. The van der Waals surface area contributed by atoms with Gasteiger partial charge in [0.2, 0.25) is 0 Å². The summed E-state index contributed by atoms with van der Waals surface area (Å²) in [5.41, 5.74) is 8.78. The predicted octanol–water partition coefficient (Wildman–Crippen LogP) is 10.9. The second-order valence-corrected chi connectivity index (χ2v) is 11.5. The summed E-state index contributed by atoms with van der Waals surface area (Å²) in [6, 6.07) is 57.8. The summed E-state index contributed by atoms with van der Waals surface area (Å²) in [4.78, 5) is 15.2. The third-order valence-electron chi connectivity index (χ3n) is 8.60. The predicted molar refractivity (Wildman–Crippen MR) is 189 cm³/mol. The first kappa shape index (κ1) is 26.8. The molecule has 0 unspecified atom stereocenters. The van der Waals surface area contributed by atoms with Crippen LogP contribution in [-0.4, -0.2) is 15.0 Å². The van der Waals surface area contributed by atoms with Gasteiger partial charge in [0.25, 0.3) is 0 Å². The fraction of sp³-hybridized carbons (Fsp3) is 0. The normalized spacial score (nSPS) is 11.2. The van der Waals surface area contributed by atoms with Crippen LogP contribution in [0.4, 0.5) is 0 Å². The molecule has 2 heterocycles. The Morgan fingerprint density at radius 3 is 1.89 bits per heavy atom. The van der Waals surface area contributed by atoms with E-state index >= 15 is 0 Å². The van der Waals surface area contributed by atoms with Gasteiger partial charge in [0.1, 0.15) is 11.2 Å². The van der Waals surface area contributed by atoms with Gasteiger partial charge in [-0.1, -0.05) is 115 Å². The van der Waals surface area contributed by atoms with Gasteiger partial charge in [0.15, 0.2) is 17.5 Å². The molecular weight excluding hydrogens is 574 g/mol. The number of hydrogen-bond donors (Lipinski definition) is 0. The van der Waals surface area contributed by atoms with Crippen LogP contribution in [0, 0.1) is 12.1 Å². The Labute approximate surface area is 271 Å². The molecule has 47 heavy (non-hydrogen) atoms. The third-order valence-corrected chi connectivity index (χ3v) is 8.60. The van der Waals surface area contributed by atoms with Crippen molar-refractivity contribution in [3.8, 4) is 56.4 Å². The minimum absolute atomic E-state index is 0.587. The summed E-state index contributed by atoms with van der Waals surface area (Å²) < 4.78 is 6.62. The smallest absolute Gasteiger partial charge is 0.164 e. The zero-order chi connectivity index (χ0) is 31.2. The van der Waals surface area contributed by atoms with Crippen LogP contribution >= 0.6 is 0 Å². The maximum atomic E-state index is 6.62. The molecule has 7 aromatic carbocycles. The molecule has 4 nitrogen and oxygen atoms in total. The molecule has 0 fully saturated rings. The van der Waals surface area contributed by atoms with Crippen LogP contribution in [0.15, 0.2) is 156 Å². The number of benzene rings is 6. The molecule has 0 N–H and O–H groups in total. The molecule has 2 aromatic heterocycles. The molecule has 9 rings (SSSR count). The van der Waals surface area contributed by atoms with Crippen molar-refractivity contribution >= 4 is 32.7 Å². The first-order valence-electron chi connectivity index (χ1n) is 15.5. The second kappa shape index (κ2) is 11.1. The molecule has 0 spiro atoms. The van der Waals surface area contributed by atoms with Gasteiger partial charge in [0, 0.05) is 38.4 Å². The maximum Gasteiger partial charge on any atom is 0.164 e. The number of furan rings is 1. The van der Waals surface area contributed by atoms with E-state index in [0.717, 1.165) is 60.5 Å². The van der Waals surface area contributed by atoms with E-state index < -0.39 is 0 Å². The lowest BCUT2D eigenvalue weighted by atomic mass is 9.96. The van der Waals surface area contributed by atoms with Crippen molar-refractivity contribution in [2.45, 2.75) is 0 Å². The average Bonchev–Trinajstić information content (AvgIpc) is 3.55. The Kier molecular flexibility index (Phi) is 6.33. The largest absolute Gasteiger partial charge is 0.455 e. The van der Waals surface area contributed by atoms with Crippen LogP contribution in [0.25, 0.3) is 89.1 Å². The van der Waals surface area contributed by atoms with Gasteiger partial charge >= 0.3 is 0 Å². The van der Waals surface area contributed by atoms with Crippen molar-refractivity contribution in [1.82, 2.24) is 15.0 Å². The molecule has 0 amide bonds. The molecule has 0 atom stereocenters. The highest BCUT2D eigenvalue weighted by Gasteiger charge is 2.20. The van der Waals surface area contributed by atoms with Crippen LogP contribution in [-0.2, 0) is 0 Å². The van der Waals surface area contributed by atoms with Gasteiger partial charge in [-0.15, -0.1) is 0 Å². The van der Waals surface area contributed by atoms with E-state index in [1.165, 1.54) is 11.1 Å². The molecule has 9 aromatic rings. The van der Waals surface area contributed by atoms with E-state index in [-0.39, 0.29) is 0 Å². The van der Waals surface area contributed by atoms with E-state index in [1.807, 2.05) is 78.9 Å². The molecule has 0 aliphatic heterocycles. The highest BCUT2D eigenvalue weighted by molar-refractivity contribution is 6.15. The average molecular weight is 600 g/mol. The van der Waals surface area contributed by atoms with Crippen LogP contribution in [0.2, 0.25) is 0 Å². The van der Waals surface area contributed by atoms with Crippen molar-refractivity contribution < 1.29 is 4.42 Å². The number of nitrogens with zero attached hydrogens (tertiary/aromatic N) is 3. The van der Waals surface area contributed by atoms with E-state index in [0.29, 0.717) is 17.5 Å². The lowest BCUT2D eigenvalue weighted by Crippen LogP contribution is -2.00. The van der Waals surface area contributed by atoms with E-state index in [1.54, 1.807) is 0 Å². The molecule has 0 saturated heterocycles. The Hall–Kier alpha value is -6.57. The van der Waals surface area contributed by atoms with Crippen LogP contribution in [0.5, 0.6) is 0 Å². The van der Waals surface area contributed by atoms with Gasteiger partial charge < -0.3 is 4.42 Å². The number of para-hydroxylation sites is 1. The van der Waals surface area contributed by atoms with Crippen molar-refractivity contribution in [2.24, 2.45) is 0 Å². The first-order chi connectivity index (χ1) is 23.3. The minimum atomic E-state index is 0.587. The Bertz CT molecular complexity index is 2550. The van der Waals surface area contributed by atoms with Gasteiger partial charge in [-0.2, -0.15) is 0 Å². The summed E-state index contributed by atoms with van der Waals surface area (Å²) in [6.45, 7) is 0. The molecule has 0 bridgehead atoms. The maximum absolute atomic E-state index is 6.62. The Morgan fingerprint density at radius 2 is 1.09 bits per heavy atom. The lowest BCUT2D eigenvalue weighted by Gasteiger charge is -2.11. The van der Waals surface area contributed by atoms with E-state index in [9.17, 15) is 0 Å². The number of aromatic nitrogens is 3. The van der Waals surface area contributed by atoms with Gasteiger partial charge in [-0.3, -0.25) is 0 Å². The molecular formula is C43H25N3O. The fourth-order valence-corrected chi connectivity index (χ4v) is 6.26. The van der Waals surface area contributed by atoms with Crippen LogP contribution in [0.1, 0.15) is 0 Å². The van der Waals surface area contributed by atoms with Crippen molar-refractivity contribution in [3.05, 3.63) is 164 Å². The summed E-state index contributed by atoms with van der Waals surface area (Å²) >= 11 is 0. The molecule has 0 radical (unpaired) electrons. The third kappa shape index (κ3) is 4.79. The molecule has 4 heteroatoms. The van der Waals surface area contributed by atoms with Gasteiger partial charge in [-0.05, 0) is 70.6 Å². The highest BCUT2D eigenvalue weighted by atomic mass is 16.3. The summed E-state index contributed by atoms with van der Waals surface area (Å²) in [5, 5.41) is 4.04. The summed E-state index contributed by atoms with van der Waals surface area (Å²) in [5.74, 6) is 1.80. The van der Waals surface area contributed by atoms with Crippen molar-refractivity contribution in [1.29, 1.82) is 0 Å². The molecule has 0 aliphatic rings. The minimum Gasteiger partial charge on any atom is -0.455 e. The lowest BCUT2D eigenvalue weighted by molar-refractivity contribution is 0.670. The highest BCUT2D eigenvalue weighted by Crippen LogP contribution is 2.42. The zero-order valence-electron chi connectivity index (χ0n) is 25.2. The standard InChI is InChI=1S/C43H25N3O/c1-3-11-28(12-4-1)30-19-22-31(23-20-30)35-25-26-37(39-36-17-9-10-18-38(36)47-40(35)39)43-45-41(32-14-5-2-6-15-32)44-42(46-43)34-24-21-29-13-7-8-16-33(29)27-34/h1-6,8-12,14-27H. The van der Waals surface area contributed by atoms with Gasteiger partial charge in [-0.25, -0.2) is 15.0 Å². The van der Waals surface area contributed by atoms with E-state index in [2.05, 4.69) is 84.9 Å². The number of fused-ring (bicyclic) bond motifs is 4. The summed E-state index contributed by atoms with van der Waals surface area (Å²) in [6.07, 6.45) is 0. The van der Waals surface area contributed by atoms with E-state index in [4.69, 9.17) is 19.4 Å². The number of rotatable bonds is 5. The molecule has 218 valence electrons. The zero-order valence-corrected chi connectivity index (χ0v) is 25.2. The topological polar surface area (TPSA) is 51.8 Å². The monoisotopic (exact) mass is 599 g/mol. The SMILES string of the molecule is c1ccc2cc(-c3nc(-c4ccccc4)nc(-c4ccc(-c5ccc(-c6ccccc6)cc5)c5oc6ccccc6c45)n3)ccc2c#1. The Morgan fingerprint density at radius 1 is 0.468 bits per heavy atom. The van der Waals surface area contributed by atoms with Crippen LogP contribution in [0.3, 0.4) is 0 Å². The van der Waals surface area contributed by atoms with Crippen LogP contribution < -0.4 is 0 Å². The van der Waals surface area contributed by atoms with Gasteiger partial charge in [0.05, 0.1) is 0 Å². The first-order valence-corrected chi connectivity index (χ1v) is 15.5. The summed E-state index contributed by atoms with van der Waals surface area (Å²) in [7, 11) is 0. The molecule has 0 aliphatic carbocycles. The quantitative estimate of drug-likeness (QED) is 0.197. The van der Waals surface area contributed by atoms with Crippen molar-refractivity contribution in [3.63, 3.8) is 0 Å². The van der Waals surface area contributed by atoms with Crippen molar-refractivity contribution in [2.75, 3.05) is 0 Å². The second-order valence-electron chi connectivity index (χ2n) is 11.5. The Balaban J connectivity index is 1.25. The molecule has 0 saturated carbocycles. The number of hydrogen-bond acceptors (Lipinski definition) is 4.